The Bertz CT molecular complexity index is 580. The molecule has 0 bridgehead atoms. The van der Waals surface area contributed by atoms with Gasteiger partial charge in [-0.2, -0.15) is 0 Å². The molecule has 0 saturated carbocycles. The van der Waals surface area contributed by atoms with E-state index >= 15 is 0 Å². The zero-order valence-corrected chi connectivity index (χ0v) is 18.9. The lowest BCUT2D eigenvalue weighted by Crippen LogP contribution is -2.27. The highest BCUT2D eigenvalue weighted by Gasteiger charge is 1.99. The minimum Gasteiger partial charge on any atom is -0.314 e. The topological polar surface area (TPSA) is 12.0 Å². The normalized spacial score (nSPS) is 13.4. The van der Waals surface area contributed by atoms with E-state index in [1.807, 2.05) is 0 Å². The quantitative estimate of drug-likeness (QED) is 0.209. The first-order valence-corrected chi connectivity index (χ1v) is 11.7. The van der Waals surface area contributed by atoms with Crippen LogP contribution in [0.1, 0.15) is 77.2 Å². The molecular weight excluding hydrogens is 350 g/mol. The predicted octanol–water partition coefficient (Wildman–Crippen LogP) is 7.96. The van der Waals surface area contributed by atoms with Crippen LogP contribution in [0.15, 0.2) is 78.9 Å². The van der Waals surface area contributed by atoms with Crippen LogP contribution in [0.3, 0.4) is 0 Å². The standard InChI is InChI=1S/C28H43N/c1-3-4-5-6-7-8-9-10-11-12-13-14-15-16-17-19-22-27(2)29-26-25-28-23-20-18-21-24-28/h7-8,10-11,13-14,16-18,20-21,23-24,27,29H,3-6,9,12,15,19,22,25-26H2,1-2H3/b8-7-,11-10-,14-13-,17-16-. The molecule has 0 aromatic heterocycles. The molecule has 0 aliphatic rings. The third kappa shape index (κ3) is 16.8. The van der Waals surface area contributed by atoms with Gasteiger partial charge in [-0.15, -0.1) is 0 Å². The second-order valence-corrected chi connectivity index (χ2v) is 7.76. The second-order valence-electron chi connectivity index (χ2n) is 7.76. The van der Waals surface area contributed by atoms with Gasteiger partial charge in [-0.3, -0.25) is 0 Å². The zero-order valence-electron chi connectivity index (χ0n) is 18.9. The summed E-state index contributed by atoms with van der Waals surface area (Å²) >= 11 is 0. The Morgan fingerprint density at radius 2 is 1.34 bits per heavy atom. The van der Waals surface area contributed by atoms with Crippen molar-refractivity contribution in [3.05, 3.63) is 84.5 Å². The highest BCUT2D eigenvalue weighted by Crippen LogP contribution is 2.03. The van der Waals surface area contributed by atoms with Gasteiger partial charge in [0.1, 0.15) is 0 Å². The van der Waals surface area contributed by atoms with E-state index in [0.29, 0.717) is 6.04 Å². The minimum absolute atomic E-state index is 0.574. The van der Waals surface area contributed by atoms with Crippen molar-refractivity contribution in [3.8, 4) is 0 Å². The lowest BCUT2D eigenvalue weighted by atomic mass is 10.1. The second kappa shape index (κ2) is 19.5. The maximum absolute atomic E-state index is 3.62. The van der Waals surface area contributed by atoms with Gasteiger partial charge in [-0.05, 0) is 70.4 Å². The van der Waals surface area contributed by atoms with Crippen molar-refractivity contribution in [1.82, 2.24) is 5.32 Å². The molecule has 0 spiro atoms. The largest absolute Gasteiger partial charge is 0.314 e. The molecule has 1 rings (SSSR count). The fourth-order valence-corrected chi connectivity index (χ4v) is 3.12. The van der Waals surface area contributed by atoms with E-state index in [1.165, 1.54) is 37.7 Å². The molecule has 0 aliphatic heterocycles. The van der Waals surface area contributed by atoms with Gasteiger partial charge in [-0.25, -0.2) is 0 Å². The van der Waals surface area contributed by atoms with E-state index in [-0.39, 0.29) is 0 Å². The third-order valence-corrected chi connectivity index (χ3v) is 4.97. The summed E-state index contributed by atoms with van der Waals surface area (Å²) in [6.45, 7) is 5.59. The SMILES string of the molecule is CCCCC/C=C\C/C=C\C/C=C\C/C=C\CCC(C)NCCc1ccccc1. The summed E-state index contributed by atoms with van der Waals surface area (Å²) in [4.78, 5) is 0. The van der Waals surface area contributed by atoms with E-state index < -0.39 is 0 Å². The Kier molecular flexibility index (Phi) is 16.9. The first-order valence-electron chi connectivity index (χ1n) is 11.7. The average molecular weight is 394 g/mol. The summed E-state index contributed by atoms with van der Waals surface area (Å²) < 4.78 is 0. The molecule has 1 atom stereocenters. The van der Waals surface area contributed by atoms with Crippen molar-refractivity contribution < 1.29 is 0 Å². The highest BCUT2D eigenvalue weighted by molar-refractivity contribution is 5.14. The zero-order chi connectivity index (χ0) is 20.8. The van der Waals surface area contributed by atoms with Gasteiger partial charge in [0.15, 0.2) is 0 Å². The van der Waals surface area contributed by atoms with Crippen molar-refractivity contribution in [3.63, 3.8) is 0 Å². The Balaban J connectivity index is 1.94. The Hall–Kier alpha value is -1.86. The van der Waals surface area contributed by atoms with E-state index in [0.717, 1.165) is 38.6 Å². The first kappa shape index (κ1) is 25.2. The number of nitrogens with one attached hydrogen (secondary N) is 1. The van der Waals surface area contributed by atoms with Crippen LogP contribution >= 0.6 is 0 Å². The van der Waals surface area contributed by atoms with Crippen molar-refractivity contribution >= 4 is 0 Å². The smallest absolute Gasteiger partial charge is 0.00418 e. The predicted molar refractivity (Wildman–Crippen MR) is 131 cm³/mol. The molecule has 0 heterocycles. The van der Waals surface area contributed by atoms with E-state index in [4.69, 9.17) is 0 Å². The lowest BCUT2D eigenvalue weighted by molar-refractivity contribution is 0.521. The van der Waals surface area contributed by atoms with Gasteiger partial charge < -0.3 is 5.32 Å². The molecule has 1 unspecified atom stereocenters. The first-order chi connectivity index (χ1) is 14.3. The van der Waals surface area contributed by atoms with Gasteiger partial charge in [0, 0.05) is 6.04 Å². The molecule has 0 fully saturated rings. The van der Waals surface area contributed by atoms with Crippen molar-refractivity contribution in [2.24, 2.45) is 0 Å². The number of allylic oxidation sites excluding steroid dienone is 8. The molecule has 1 heteroatoms. The molecule has 1 aromatic rings. The highest BCUT2D eigenvalue weighted by atomic mass is 14.9. The summed E-state index contributed by atoms with van der Waals surface area (Å²) in [6, 6.07) is 11.3. The number of benzene rings is 1. The van der Waals surface area contributed by atoms with Gasteiger partial charge in [0.2, 0.25) is 0 Å². The van der Waals surface area contributed by atoms with Crippen LogP contribution in [0.25, 0.3) is 0 Å². The lowest BCUT2D eigenvalue weighted by Gasteiger charge is -2.12. The van der Waals surface area contributed by atoms with Gasteiger partial charge >= 0.3 is 0 Å². The van der Waals surface area contributed by atoms with Gasteiger partial charge in [-0.1, -0.05) is 98.7 Å². The van der Waals surface area contributed by atoms with Crippen LogP contribution in [0.4, 0.5) is 0 Å². The molecular formula is C28H43N. The monoisotopic (exact) mass is 393 g/mol. The molecule has 0 aliphatic carbocycles. The fourth-order valence-electron chi connectivity index (χ4n) is 3.12. The minimum atomic E-state index is 0.574. The molecule has 0 radical (unpaired) electrons. The van der Waals surface area contributed by atoms with E-state index in [9.17, 15) is 0 Å². The maximum atomic E-state index is 3.62. The van der Waals surface area contributed by atoms with Crippen molar-refractivity contribution in [2.75, 3.05) is 6.54 Å². The van der Waals surface area contributed by atoms with Crippen LogP contribution in [-0.2, 0) is 6.42 Å². The van der Waals surface area contributed by atoms with E-state index in [1.54, 1.807) is 0 Å². The molecule has 1 N–H and O–H groups in total. The molecule has 1 aromatic carbocycles. The molecule has 1 nitrogen and oxygen atoms in total. The van der Waals surface area contributed by atoms with E-state index in [2.05, 4.69) is 98.1 Å². The summed E-state index contributed by atoms with van der Waals surface area (Å²) in [5.74, 6) is 0. The van der Waals surface area contributed by atoms with Crippen LogP contribution in [0.2, 0.25) is 0 Å². The van der Waals surface area contributed by atoms with Crippen LogP contribution < -0.4 is 5.32 Å². The molecule has 0 amide bonds. The fraction of sp³-hybridized carbons (Fsp3) is 0.500. The maximum Gasteiger partial charge on any atom is 0.00418 e. The Morgan fingerprint density at radius 3 is 1.97 bits per heavy atom. The molecule has 0 saturated heterocycles. The van der Waals surface area contributed by atoms with Crippen LogP contribution in [0, 0.1) is 0 Å². The average Bonchev–Trinajstić information content (AvgIpc) is 2.74. The van der Waals surface area contributed by atoms with Gasteiger partial charge in [0.25, 0.3) is 0 Å². The van der Waals surface area contributed by atoms with Crippen molar-refractivity contribution in [1.29, 1.82) is 0 Å². The summed E-state index contributed by atoms with van der Waals surface area (Å²) in [5.41, 5.74) is 1.41. The number of unbranched alkanes of at least 4 members (excludes halogenated alkanes) is 3. The number of hydrogen-bond acceptors (Lipinski definition) is 1. The Morgan fingerprint density at radius 1 is 0.759 bits per heavy atom. The number of hydrogen-bond donors (Lipinski definition) is 1. The molecule has 160 valence electrons. The molecule has 29 heavy (non-hydrogen) atoms. The summed E-state index contributed by atoms with van der Waals surface area (Å²) in [6.07, 6.45) is 30.1. The van der Waals surface area contributed by atoms with Crippen LogP contribution in [-0.4, -0.2) is 12.6 Å². The third-order valence-electron chi connectivity index (χ3n) is 4.97. The summed E-state index contributed by atoms with van der Waals surface area (Å²) in [7, 11) is 0. The number of rotatable bonds is 17. The van der Waals surface area contributed by atoms with Gasteiger partial charge in [0.05, 0.1) is 0 Å². The summed E-state index contributed by atoms with van der Waals surface area (Å²) in [5, 5.41) is 3.62. The van der Waals surface area contributed by atoms with Crippen LogP contribution in [0.5, 0.6) is 0 Å². The van der Waals surface area contributed by atoms with Crippen molar-refractivity contribution in [2.45, 2.75) is 84.1 Å². The Labute approximate surface area is 180 Å².